The molecule has 0 atom stereocenters. The molecule has 116 valence electrons. The molecule has 1 aromatic carbocycles. The van der Waals surface area contributed by atoms with E-state index in [4.69, 9.17) is 16.3 Å². The van der Waals surface area contributed by atoms with E-state index in [1.54, 1.807) is 26.8 Å². The Hall–Kier alpha value is -1.26. The number of benzene rings is 1. The van der Waals surface area contributed by atoms with Crippen LogP contribution in [0.5, 0.6) is 0 Å². The molecule has 1 fully saturated rings. The normalized spacial score (nSPS) is 16.4. The summed E-state index contributed by atoms with van der Waals surface area (Å²) in [7, 11) is 0. The Morgan fingerprint density at radius 1 is 1.43 bits per heavy atom. The second-order valence-electron chi connectivity index (χ2n) is 6.67. The minimum atomic E-state index is -0.552. The Bertz CT molecular complexity index is 533. The fourth-order valence-electron chi connectivity index (χ4n) is 2.01. The van der Waals surface area contributed by atoms with Crippen LogP contribution in [0.2, 0.25) is 5.02 Å². The predicted molar refractivity (Wildman–Crippen MR) is 83.8 cm³/mol. The van der Waals surface area contributed by atoms with Gasteiger partial charge in [-0.15, -0.1) is 0 Å². The summed E-state index contributed by atoms with van der Waals surface area (Å²) in [5, 5.41) is 13.0. The van der Waals surface area contributed by atoms with Gasteiger partial charge in [0, 0.05) is 0 Å². The quantitative estimate of drug-likeness (QED) is 0.878. The number of rotatable bonds is 4. The third-order valence-electron chi connectivity index (χ3n) is 3.37. The van der Waals surface area contributed by atoms with Gasteiger partial charge in [-0.1, -0.05) is 17.7 Å². The maximum atomic E-state index is 11.8. The van der Waals surface area contributed by atoms with Gasteiger partial charge < -0.3 is 9.84 Å². The highest BCUT2D eigenvalue weighted by Gasteiger charge is 2.39. The van der Waals surface area contributed by atoms with Crippen LogP contribution in [0.15, 0.2) is 18.2 Å². The number of anilines is 1. The van der Waals surface area contributed by atoms with E-state index in [0.717, 1.165) is 31.2 Å². The van der Waals surface area contributed by atoms with Gasteiger partial charge >= 0.3 is 6.09 Å². The van der Waals surface area contributed by atoms with Crippen LogP contribution in [0, 0.1) is 0 Å². The molecule has 5 heteroatoms. The van der Waals surface area contributed by atoms with Crippen molar-refractivity contribution >= 4 is 23.4 Å². The number of hydrogen-bond acceptors (Lipinski definition) is 3. The zero-order valence-electron chi connectivity index (χ0n) is 12.7. The molecule has 2 N–H and O–H groups in total. The second kappa shape index (κ2) is 5.85. The molecule has 4 nitrogen and oxygen atoms in total. The lowest BCUT2D eigenvalue weighted by Gasteiger charge is -2.20. The lowest BCUT2D eigenvalue weighted by Crippen LogP contribution is -2.27. The standard InChI is InChI=1S/C16H22ClNO3/c1-15(2,3)21-14(19)18-13-10-11(4-5-12(13)17)6-7-16(20)8-9-16/h4-5,10,20H,6-9H2,1-3H3,(H,18,19). The van der Waals surface area contributed by atoms with Gasteiger partial charge in [-0.05, 0) is 64.2 Å². The molecular formula is C16H22ClNO3. The van der Waals surface area contributed by atoms with Crippen molar-refractivity contribution < 1.29 is 14.6 Å². The number of halogens is 1. The smallest absolute Gasteiger partial charge is 0.412 e. The molecule has 0 aromatic heterocycles. The third-order valence-corrected chi connectivity index (χ3v) is 3.70. The molecule has 0 unspecified atom stereocenters. The van der Waals surface area contributed by atoms with Crippen molar-refractivity contribution in [3.8, 4) is 0 Å². The van der Waals surface area contributed by atoms with Crippen molar-refractivity contribution in [1.82, 2.24) is 0 Å². The molecular weight excluding hydrogens is 290 g/mol. The van der Waals surface area contributed by atoms with Crippen molar-refractivity contribution in [2.45, 2.75) is 57.7 Å². The molecule has 1 saturated carbocycles. The first-order valence-electron chi connectivity index (χ1n) is 7.18. The van der Waals surface area contributed by atoms with E-state index in [0.29, 0.717) is 10.7 Å². The number of hydrogen-bond donors (Lipinski definition) is 2. The molecule has 0 heterocycles. The lowest BCUT2D eigenvalue weighted by atomic mass is 10.1. The molecule has 2 rings (SSSR count). The second-order valence-corrected chi connectivity index (χ2v) is 7.07. The highest BCUT2D eigenvalue weighted by atomic mass is 35.5. The van der Waals surface area contributed by atoms with Crippen LogP contribution in [0.3, 0.4) is 0 Å². The van der Waals surface area contributed by atoms with Crippen LogP contribution < -0.4 is 5.32 Å². The molecule has 1 aliphatic carbocycles. The van der Waals surface area contributed by atoms with Crippen molar-refractivity contribution in [3.63, 3.8) is 0 Å². The fourth-order valence-corrected chi connectivity index (χ4v) is 2.17. The molecule has 1 aromatic rings. The van der Waals surface area contributed by atoms with Crippen LogP contribution in [0.25, 0.3) is 0 Å². The first-order valence-corrected chi connectivity index (χ1v) is 7.56. The SMILES string of the molecule is CC(C)(C)OC(=O)Nc1cc(CCC2(O)CC2)ccc1Cl. The summed E-state index contributed by atoms with van der Waals surface area (Å²) in [6.07, 6.45) is 2.73. The van der Waals surface area contributed by atoms with Gasteiger partial charge in [-0.2, -0.15) is 0 Å². The van der Waals surface area contributed by atoms with Crippen LogP contribution in [0.1, 0.15) is 45.6 Å². The number of ether oxygens (including phenoxy) is 1. The largest absolute Gasteiger partial charge is 0.444 e. The maximum absolute atomic E-state index is 11.8. The number of carbonyl (C=O) groups is 1. The Morgan fingerprint density at radius 2 is 2.10 bits per heavy atom. The Balaban J connectivity index is 1.99. The van der Waals surface area contributed by atoms with Crippen molar-refractivity contribution in [2.75, 3.05) is 5.32 Å². The minimum Gasteiger partial charge on any atom is -0.444 e. The average molecular weight is 312 g/mol. The summed E-state index contributed by atoms with van der Waals surface area (Å²) in [4.78, 5) is 11.8. The molecule has 1 aliphatic rings. The van der Waals surface area contributed by atoms with Gasteiger partial charge in [0.2, 0.25) is 0 Å². The molecule has 1 amide bonds. The predicted octanol–water partition coefficient (Wildman–Crippen LogP) is 4.14. The van der Waals surface area contributed by atoms with E-state index >= 15 is 0 Å². The van der Waals surface area contributed by atoms with E-state index in [1.807, 2.05) is 12.1 Å². The van der Waals surface area contributed by atoms with Gasteiger partial charge in [-0.3, -0.25) is 5.32 Å². The number of aryl methyl sites for hydroxylation is 1. The van der Waals surface area contributed by atoms with Crippen molar-refractivity contribution in [3.05, 3.63) is 28.8 Å². The van der Waals surface area contributed by atoms with Gasteiger partial charge in [0.05, 0.1) is 16.3 Å². The highest BCUT2D eigenvalue weighted by molar-refractivity contribution is 6.33. The summed E-state index contributed by atoms with van der Waals surface area (Å²) >= 11 is 6.09. The zero-order valence-corrected chi connectivity index (χ0v) is 13.5. The molecule has 0 aliphatic heterocycles. The zero-order chi connectivity index (χ0) is 15.7. The summed E-state index contributed by atoms with van der Waals surface area (Å²) in [6, 6.07) is 5.49. The first-order chi connectivity index (χ1) is 9.67. The van der Waals surface area contributed by atoms with E-state index in [-0.39, 0.29) is 0 Å². The Kier molecular flexibility index (Phi) is 4.49. The first kappa shape index (κ1) is 16.1. The van der Waals surface area contributed by atoms with Gasteiger partial charge in [0.25, 0.3) is 0 Å². The number of carbonyl (C=O) groups excluding carboxylic acids is 1. The van der Waals surface area contributed by atoms with Crippen LogP contribution in [-0.4, -0.2) is 22.4 Å². The van der Waals surface area contributed by atoms with E-state index < -0.39 is 17.3 Å². The van der Waals surface area contributed by atoms with Crippen molar-refractivity contribution in [1.29, 1.82) is 0 Å². The average Bonchev–Trinajstić information content (AvgIpc) is 3.06. The van der Waals surface area contributed by atoms with E-state index in [9.17, 15) is 9.90 Å². The Labute approximate surface area is 130 Å². The van der Waals surface area contributed by atoms with Gasteiger partial charge in [0.15, 0.2) is 0 Å². The maximum Gasteiger partial charge on any atom is 0.412 e. The van der Waals surface area contributed by atoms with Crippen LogP contribution in [-0.2, 0) is 11.2 Å². The summed E-state index contributed by atoms with van der Waals surface area (Å²) in [5.41, 5.74) is 0.541. The molecule has 0 radical (unpaired) electrons. The summed E-state index contributed by atoms with van der Waals surface area (Å²) in [5.74, 6) is 0. The number of amides is 1. The Morgan fingerprint density at radius 3 is 2.67 bits per heavy atom. The van der Waals surface area contributed by atoms with E-state index in [1.165, 1.54) is 0 Å². The van der Waals surface area contributed by atoms with Gasteiger partial charge in [0.1, 0.15) is 5.60 Å². The number of aliphatic hydroxyl groups is 1. The molecule has 0 bridgehead atoms. The van der Waals surface area contributed by atoms with E-state index in [2.05, 4.69) is 5.32 Å². The summed E-state index contributed by atoms with van der Waals surface area (Å²) < 4.78 is 5.21. The highest BCUT2D eigenvalue weighted by Crippen LogP contribution is 2.39. The topological polar surface area (TPSA) is 58.6 Å². The molecule has 0 saturated heterocycles. The lowest BCUT2D eigenvalue weighted by molar-refractivity contribution is 0.0636. The minimum absolute atomic E-state index is 0.467. The van der Waals surface area contributed by atoms with Crippen LogP contribution >= 0.6 is 11.6 Å². The van der Waals surface area contributed by atoms with Crippen LogP contribution in [0.4, 0.5) is 10.5 Å². The monoisotopic (exact) mass is 311 g/mol. The molecule has 21 heavy (non-hydrogen) atoms. The summed E-state index contributed by atoms with van der Waals surface area (Å²) in [6.45, 7) is 5.42. The third kappa shape index (κ3) is 5.21. The number of nitrogens with one attached hydrogen (secondary N) is 1. The fraction of sp³-hybridized carbons (Fsp3) is 0.562. The van der Waals surface area contributed by atoms with Gasteiger partial charge in [-0.25, -0.2) is 4.79 Å². The molecule has 0 spiro atoms. The van der Waals surface area contributed by atoms with Crippen molar-refractivity contribution in [2.24, 2.45) is 0 Å².